The lowest BCUT2D eigenvalue weighted by Gasteiger charge is -2.41. The lowest BCUT2D eigenvalue weighted by Crippen LogP contribution is -2.51. The van der Waals surface area contributed by atoms with E-state index in [9.17, 15) is 4.39 Å². The van der Waals surface area contributed by atoms with E-state index in [0.717, 1.165) is 52.2 Å². The largest absolute Gasteiger partial charge is 0.399 e. The Kier molecular flexibility index (Phi) is 4.08. The van der Waals surface area contributed by atoms with Gasteiger partial charge in [0.2, 0.25) is 0 Å². The number of nitrogen functional groups attached to an aromatic ring is 1. The fourth-order valence-corrected chi connectivity index (χ4v) is 3.16. The molecule has 2 heterocycles. The summed E-state index contributed by atoms with van der Waals surface area (Å²) in [5.41, 5.74) is 6.75. The third kappa shape index (κ3) is 2.88. The Morgan fingerprint density at radius 1 is 1.10 bits per heavy atom. The smallest absolute Gasteiger partial charge is 0.148 e. The zero-order valence-corrected chi connectivity index (χ0v) is 11.7. The van der Waals surface area contributed by atoms with Crippen LogP contribution < -0.4 is 10.6 Å². The van der Waals surface area contributed by atoms with Crippen molar-refractivity contribution in [1.82, 2.24) is 4.90 Å². The first-order valence-corrected chi connectivity index (χ1v) is 7.36. The van der Waals surface area contributed by atoms with Crippen LogP contribution in [0.1, 0.15) is 12.8 Å². The summed E-state index contributed by atoms with van der Waals surface area (Å²) < 4.78 is 19.3. The first-order chi connectivity index (χ1) is 9.74. The molecule has 0 saturated carbocycles. The molecule has 3 rings (SSSR count). The van der Waals surface area contributed by atoms with E-state index in [1.54, 1.807) is 12.1 Å². The molecule has 0 bridgehead atoms. The van der Waals surface area contributed by atoms with Gasteiger partial charge in [-0.2, -0.15) is 0 Å². The zero-order chi connectivity index (χ0) is 13.9. The average molecular weight is 279 g/mol. The minimum absolute atomic E-state index is 0.218. The molecule has 0 aliphatic carbocycles. The molecule has 2 aliphatic rings. The van der Waals surface area contributed by atoms with E-state index < -0.39 is 0 Å². The van der Waals surface area contributed by atoms with Gasteiger partial charge in [0.25, 0.3) is 0 Å². The molecule has 0 unspecified atom stereocenters. The summed E-state index contributed by atoms with van der Waals surface area (Å²) in [7, 11) is 0. The van der Waals surface area contributed by atoms with Crippen molar-refractivity contribution in [2.24, 2.45) is 0 Å². The Labute approximate surface area is 119 Å². The number of anilines is 2. The third-order valence-electron chi connectivity index (χ3n) is 4.33. The number of rotatable bonds is 2. The predicted molar refractivity (Wildman–Crippen MR) is 78.4 cm³/mol. The first kappa shape index (κ1) is 13.6. The fraction of sp³-hybridized carbons (Fsp3) is 0.600. The van der Waals surface area contributed by atoms with Gasteiger partial charge in [-0.15, -0.1) is 0 Å². The van der Waals surface area contributed by atoms with Gasteiger partial charge in [-0.05, 0) is 31.0 Å². The van der Waals surface area contributed by atoms with Crippen LogP contribution in [0, 0.1) is 5.82 Å². The van der Waals surface area contributed by atoms with E-state index in [4.69, 9.17) is 10.5 Å². The van der Waals surface area contributed by atoms with Crippen molar-refractivity contribution in [2.75, 3.05) is 50.0 Å². The highest BCUT2D eigenvalue weighted by Gasteiger charge is 2.26. The van der Waals surface area contributed by atoms with Crippen LogP contribution in [0.4, 0.5) is 15.8 Å². The summed E-state index contributed by atoms with van der Waals surface area (Å²) in [5, 5.41) is 0. The Balaban J connectivity index is 1.60. The second kappa shape index (κ2) is 5.97. The van der Waals surface area contributed by atoms with Crippen molar-refractivity contribution in [3.63, 3.8) is 0 Å². The Hall–Kier alpha value is -1.33. The number of halogens is 1. The van der Waals surface area contributed by atoms with Crippen molar-refractivity contribution in [2.45, 2.75) is 18.9 Å². The third-order valence-corrected chi connectivity index (χ3v) is 4.33. The summed E-state index contributed by atoms with van der Waals surface area (Å²) in [6.07, 6.45) is 2.24. The van der Waals surface area contributed by atoms with E-state index in [0.29, 0.717) is 17.4 Å². The lowest BCUT2D eigenvalue weighted by molar-refractivity contribution is 0.0321. The molecule has 110 valence electrons. The molecule has 0 radical (unpaired) electrons. The standard InChI is InChI=1S/C15H22FN3O/c16-14-11-12(17)1-2-15(14)19-7-5-18(6-8-19)13-3-9-20-10-4-13/h1-2,11,13H,3-10,17H2. The predicted octanol–water partition coefficient (Wildman–Crippen LogP) is 1.71. The second-order valence-corrected chi connectivity index (χ2v) is 5.58. The van der Waals surface area contributed by atoms with Gasteiger partial charge in [0.15, 0.2) is 0 Å². The van der Waals surface area contributed by atoms with Gasteiger partial charge in [-0.25, -0.2) is 4.39 Å². The van der Waals surface area contributed by atoms with Crippen LogP contribution in [-0.4, -0.2) is 50.3 Å². The molecule has 0 amide bonds. The number of benzene rings is 1. The summed E-state index contributed by atoms with van der Waals surface area (Å²) in [6, 6.07) is 5.60. The molecule has 0 aromatic heterocycles. The Bertz CT molecular complexity index is 454. The molecule has 2 saturated heterocycles. The van der Waals surface area contributed by atoms with E-state index >= 15 is 0 Å². The summed E-state index contributed by atoms with van der Waals surface area (Å²) in [6.45, 7) is 5.48. The number of ether oxygens (including phenoxy) is 1. The SMILES string of the molecule is Nc1ccc(N2CCN(C3CCOCC3)CC2)c(F)c1. The maximum absolute atomic E-state index is 13.9. The number of nitrogens with two attached hydrogens (primary N) is 1. The van der Waals surface area contributed by atoms with Crippen LogP contribution in [0.15, 0.2) is 18.2 Å². The minimum Gasteiger partial charge on any atom is -0.399 e. The molecule has 5 heteroatoms. The van der Waals surface area contributed by atoms with Crippen LogP contribution in [-0.2, 0) is 4.74 Å². The molecule has 0 atom stereocenters. The van der Waals surface area contributed by atoms with Crippen LogP contribution in [0.3, 0.4) is 0 Å². The first-order valence-electron chi connectivity index (χ1n) is 7.36. The van der Waals surface area contributed by atoms with E-state index in [-0.39, 0.29) is 5.82 Å². The number of piperazine rings is 1. The van der Waals surface area contributed by atoms with E-state index in [2.05, 4.69) is 9.80 Å². The molecule has 2 fully saturated rings. The number of nitrogens with zero attached hydrogens (tertiary/aromatic N) is 2. The summed E-state index contributed by atoms with van der Waals surface area (Å²) in [5.74, 6) is -0.218. The van der Waals surface area contributed by atoms with Crippen LogP contribution in [0.5, 0.6) is 0 Å². The van der Waals surface area contributed by atoms with Crippen molar-refractivity contribution in [3.05, 3.63) is 24.0 Å². The van der Waals surface area contributed by atoms with Crippen molar-refractivity contribution >= 4 is 11.4 Å². The molecule has 4 nitrogen and oxygen atoms in total. The Morgan fingerprint density at radius 3 is 2.45 bits per heavy atom. The van der Waals surface area contributed by atoms with Crippen molar-refractivity contribution < 1.29 is 9.13 Å². The number of hydrogen-bond acceptors (Lipinski definition) is 4. The van der Waals surface area contributed by atoms with E-state index in [1.807, 2.05) is 0 Å². The van der Waals surface area contributed by atoms with Gasteiger partial charge in [0.05, 0.1) is 5.69 Å². The van der Waals surface area contributed by atoms with Crippen molar-refractivity contribution in [3.8, 4) is 0 Å². The normalized spacial score (nSPS) is 22.1. The van der Waals surface area contributed by atoms with Gasteiger partial charge < -0.3 is 15.4 Å². The van der Waals surface area contributed by atoms with Gasteiger partial charge >= 0.3 is 0 Å². The Morgan fingerprint density at radius 2 is 1.80 bits per heavy atom. The molecular formula is C15H22FN3O. The monoisotopic (exact) mass is 279 g/mol. The molecule has 2 N–H and O–H groups in total. The minimum atomic E-state index is -0.218. The zero-order valence-electron chi connectivity index (χ0n) is 11.7. The lowest BCUT2D eigenvalue weighted by atomic mass is 10.1. The van der Waals surface area contributed by atoms with Gasteiger partial charge in [0, 0.05) is 51.1 Å². The number of hydrogen-bond donors (Lipinski definition) is 1. The van der Waals surface area contributed by atoms with Crippen LogP contribution >= 0.6 is 0 Å². The molecule has 1 aromatic carbocycles. The summed E-state index contributed by atoms with van der Waals surface area (Å²) >= 11 is 0. The van der Waals surface area contributed by atoms with Crippen LogP contribution in [0.25, 0.3) is 0 Å². The second-order valence-electron chi connectivity index (χ2n) is 5.58. The quantitative estimate of drug-likeness (QED) is 0.837. The molecule has 1 aromatic rings. The topological polar surface area (TPSA) is 41.7 Å². The maximum Gasteiger partial charge on any atom is 0.148 e. The van der Waals surface area contributed by atoms with E-state index in [1.165, 1.54) is 6.07 Å². The fourth-order valence-electron chi connectivity index (χ4n) is 3.16. The van der Waals surface area contributed by atoms with Crippen molar-refractivity contribution in [1.29, 1.82) is 0 Å². The van der Waals surface area contributed by atoms with Gasteiger partial charge in [-0.1, -0.05) is 0 Å². The van der Waals surface area contributed by atoms with Gasteiger partial charge in [-0.3, -0.25) is 4.90 Å². The summed E-state index contributed by atoms with van der Waals surface area (Å²) in [4.78, 5) is 4.64. The average Bonchev–Trinajstić information content (AvgIpc) is 2.48. The highest BCUT2D eigenvalue weighted by molar-refractivity contribution is 5.54. The maximum atomic E-state index is 13.9. The molecular weight excluding hydrogens is 257 g/mol. The van der Waals surface area contributed by atoms with Crippen LogP contribution in [0.2, 0.25) is 0 Å². The molecule has 20 heavy (non-hydrogen) atoms. The molecule has 2 aliphatic heterocycles. The molecule has 0 spiro atoms. The van der Waals surface area contributed by atoms with Gasteiger partial charge in [0.1, 0.15) is 5.82 Å². The highest BCUT2D eigenvalue weighted by Crippen LogP contribution is 2.24. The highest BCUT2D eigenvalue weighted by atomic mass is 19.1.